The molecule has 5 heteroatoms. The topological polar surface area (TPSA) is 20.3 Å². The minimum Gasteiger partial charge on any atom is -0.335 e. The highest BCUT2D eigenvalue weighted by Gasteiger charge is 2.46. The Labute approximate surface area is 109 Å². The van der Waals surface area contributed by atoms with Gasteiger partial charge in [0.2, 0.25) is 0 Å². The third kappa shape index (κ3) is 2.11. The van der Waals surface area contributed by atoms with Gasteiger partial charge in [-0.2, -0.15) is 13.2 Å². The van der Waals surface area contributed by atoms with Crippen LogP contribution in [-0.4, -0.2) is 29.6 Å². The Hall–Kier alpha value is -1.52. The highest BCUT2D eigenvalue weighted by Crippen LogP contribution is 2.43. The number of fused-ring (bicyclic) bond motifs is 2. The highest BCUT2D eigenvalue weighted by atomic mass is 19.4. The summed E-state index contributed by atoms with van der Waals surface area (Å²) < 4.78 is 38.4. The molecule has 0 radical (unpaired) electrons. The van der Waals surface area contributed by atoms with Crippen LogP contribution in [0.2, 0.25) is 0 Å². The summed E-state index contributed by atoms with van der Waals surface area (Å²) in [6, 6.07) is 6.43. The van der Waals surface area contributed by atoms with Crippen molar-refractivity contribution in [1.82, 2.24) is 4.90 Å². The van der Waals surface area contributed by atoms with E-state index in [0.717, 1.165) is 6.42 Å². The molecule has 2 aliphatic rings. The summed E-state index contributed by atoms with van der Waals surface area (Å²) in [4.78, 5) is 13.9. The first kappa shape index (κ1) is 12.5. The van der Waals surface area contributed by atoms with E-state index in [9.17, 15) is 18.0 Å². The van der Waals surface area contributed by atoms with E-state index in [1.807, 2.05) is 0 Å². The molecule has 1 saturated heterocycles. The van der Waals surface area contributed by atoms with E-state index in [0.29, 0.717) is 24.1 Å². The van der Waals surface area contributed by atoms with Crippen LogP contribution in [0.3, 0.4) is 0 Å². The van der Waals surface area contributed by atoms with Crippen LogP contribution in [0.15, 0.2) is 24.3 Å². The fourth-order valence-electron chi connectivity index (χ4n) is 3.34. The van der Waals surface area contributed by atoms with E-state index in [4.69, 9.17) is 0 Å². The summed E-state index contributed by atoms with van der Waals surface area (Å²) in [5.41, 5.74) is 1.00. The quantitative estimate of drug-likeness (QED) is 0.765. The van der Waals surface area contributed by atoms with Crippen molar-refractivity contribution in [2.75, 3.05) is 6.54 Å². The Morgan fingerprint density at radius 3 is 2.74 bits per heavy atom. The molecule has 2 heterocycles. The third-order valence-electron chi connectivity index (χ3n) is 4.07. The molecule has 2 aliphatic heterocycles. The van der Waals surface area contributed by atoms with Crippen molar-refractivity contribution in [2.24, 2.45) is 0 Å². The predicted molar refractivity (Wildman–Crippen MR) is 63.9 cm³/mol. The number of alkyl halides is 3. The largest absolute Gasteiger partial charge is 0.389 e. The minimum atomic E-state index is -4.20. The van der Waals surface area contributed by atoms with Crippen LogP contribution >= 0.6 is 0 Å². The summed E-state index contributed by atoms with van der Waals surface area (Å²) in [6.45, 7) is 0.576. The van der Waals surface area contributed by atoms with Gasteiger partial charge in [0.25, 0.3) is 5.91 Å². The zero-order chi connectivity index (χ0) is 13.6. The van der Waals surface area contributed by atoms with Crippen molar-refractivity contribution in [3.8, 4) is 0 Å². The first-order chi connectivity index (χ1) is 8.97. The summed E-state index contributed by atoms with van der Waals surface area (Å²) >= 11 is 0. The lowest BCUT2D eigenvalue weighted by Gasteiger charge is -2.38. The molecule has 0 aliphatic carbocycles. The van der Waals surface area contributed by atoms with Gasteiger partial charge < -0.3 is 4.90 Å². The molecule has 0 bridgehead atoms. The molecule has 1 aromatic carbocycles. The molecule has 0 unspecified atom stereocenters. The molecular weight excluding hydrogens is 255 g/mol. The lowest BCUT2D eigenvalue weighted by atomic mass is 9.81. The van der Waals surface area contributed by atoms with Crippen molar-refractivity contribution in [3.63, 3.8) is 0 Å². The maximum absolute atomic E-state index is 12.8. The fraction of sp³-hybridized carbons (Fsp3) is 0.500. The van der Waals surface area contributed by atoms with E-state index in [1.165, 1.54) is 0 Å². The van der Waals surface area contributed by atoms with E-state index >= 15 is 0 Å². The molecule has 1 aromatic rings. The highest BCUT2D eigenvalue weighted by molar-refractivity contribution is 5.97. The smallest absolute Gasteiger partial charge is 0.335 e. The molecule has 102 valence electrons. The maximum atomic E-state index is 12.8. The van der Waals surface area contributed by atoms with E-state index in [-0.39, 0.29) is 11.9 Å². The Morgan fingerprint density at radius 1 is 1.26 bits per heavy atom. The second-order valence-corrected chi connectivity index (χ2v) is 5.22. The number of hydrogen-bond donors (Lipinski definition) is 0. The number of amides is 1. The van der Waals surface area contributed by atoms with Crippen LogP contribution in [0.1, 0.15) is 41.1 Å². The number of carbonyl (C=O) groups is 1. The number of hydrogen-bond acceptors (Lipinski definition) is 1. The van der Waals surface area contributed by atoms with Crippen LogP contribution < -0.4 is 0 Å². The van der Waals surface area contributed by atoms with Crippen molar-refractivity contribution < 1.29 is 18.0 Å². The Morgan fingerprint density at radius 2 is 2.00 bits per heavy atom. The average molecular weight is 269 g/mol. The minimum absolute atomic E-state index is 0.114. The summed E-state index contributed by atoms with van der Waals surface area (Å²) in [7, 11) is 0. The van der Waals surface area contributed by atoms with Gasteiger partial charge in [0.15, 0.2) is 0 Å². The molecule has 0 spiro atoms. The maximum Gasteiger partial charge on any atom is 0.389 e. The first-order valence-electron chi connectivity index (χ1n) is 6.44. The van der Waals surface area contributed by atoms with Gasteiger partial charge in [0.05, 0.1) is 6.42 Å². The number of halogens is 3. The molecule has 2 atom stereocenters. The van der Waals surface area contributed by atoms with E-state index in [1.54, 1.807) is 29.2 Å². The normalized spacial score (nSPS) is 26.3. The van der Waals surface area contributed by atoms with Gasteiger partial charge in [0.1, 0.15) is 0 Å². The van der Waals surface area contributed by atoms with Crippen LogP contribution in [0, 0.1) is 0 Å². The second kappa shape index (κ2) is 4.25. The third-order valence-corrected chi connectivity index (χ3v) is 4.07. The molecule has 2 nitrogen and oxygen atoms in total. The summed E-state index contributed by atoms with van der Waals surface area (Å²) in [6.07, 6.45) is -3.59. The monoisotopic (exact) mass is 269 g/mol. The van der Waals surface area contributed by atoms with Gasteiger partial charge in [-0.1, -0.05) is 18.2 Å². The summed E-state index contributed by atoms with van der Waals surface area (Å²) in [5, 5.41) is 0. The molecule has 0 N–H and O–H groups in total. The van der Waals surface area contributed by atoms with Gasteiger partial charge >= 0.3 is 6.18 Å². The Kier molecular flexibility index (Phi) is 2.80. The number of benzene rings is 1. The standard InChI is InChI=1S/C14H14F3NO/c15-14(16,17)8-11-9-4-1-2-5-10(9)13(19)18-7-3-6-12(11)18/h1-2,4-5,11-12H,3,6-8H2/t11-,12+/m1/s1. The SMILES string of the molecule is O=C1c2ccccc2[C@@H](CC(F)(F)F)[C@@H]2CCCN12. The van der Waals surface area contributed by atoms with Crippen LogP contribution in [0.5, 0.6) is 0 Å². The van der Waals surface area contributed by atoms with Gasteiger partial charge in [-0.05, 0) is 24.5 Å². The van der Waals surface area contributed by atoms with Gasteiger partial charge in [0, 0.05) is 24.1 Å². The van der Waals surface area contributed by atoms with Crippen molar-refractivity contribution >= 4 is 5.91 Å². The molecular formula is C14H14F3NO. The van der Waals surface area contributed by atoms with Gasteiger partial charge in [-0.25, -0.2) is 0 Å². The molecule has 19 heavy (non-hydrogen) atoms. The number of carbonyl (C=O) groups excluding carboxylic acids is 1. The van der Waals surface area contributed by atoms with Crippen LogP contribution in [0.25, 0.3) is 0 Å². The molecule has 3 rings (SSSR count). The van der Waals surface area contributed by atoms with Crippen molar-refractivity contribution in [1.29, 1.82) is 0 Å². The molecule has 0 aromatic heterocycles. The van der Waals surface area contributed by atoms with E-state index in [2.05, 4.69) is 0 Å². The lowest BCUT2D eigenvalue weighted by molar-refractivity contribution is -0.141. The second-order valence-electron chi connectivity index (χ2n) is 5.22. The fourth-order valence-corrected chi connectivity index (χ4v) is 3.34. The van der Waals surface area contributed by atoms with Gasteiger partial charge in [-0.3, -0.25) is 4.79 Å². The van der Waals surface area contributed by atoms with Crippen molar-refractivity contribution in [3.05, 3.63) is 35.4 Å². The van der Waals surface area contributed by atoms with E-state index < -0.39 is 18.5 Å². The molecule has 1 fully saturated rings. The zero-order valence-electron chi connectivity index (χ0n) is 10.3. The Balaban J connectivity index is 2.05. The Bertz CT molecular complexity index is 512. The van der Waals surface area contributed by atoms with Crippen LogP contribution in [0.4, 0.5) is 13.2 Å². The summed E-state index contributed by atoms with van der Waals surface area (Å²) in [5.74, 6) is -0.729. The number of nitrogens with zero attached hydrogens (tertiary/aromatic N) is 1. The van der Waals surface area contributed by atoms with Gasteiger partial charge in [-0.15, -0.1) is 0 Å². The number of rotatable bonds is 1. The zero-order valence-corrected chi connectivity index (χ0v) is 10.3. The molecule has 1 amide bonds. The first-order valence-corrected chi connectivity index (χ1v) is 6.44. The van der Waals surface area contributed by atoms with Crippen molar-refractivity contribution in [2.45, 2.75) is 37.4 Å². The van der Waals surface area contributed by atoms with Crippen LogP contribution in [-0.2, 0) is 0 Å². The lowest BCUT2D eigenvalue weighted by Crippen LogP contribution is -2.45. The predicted octanol–water partition coefficient (Wildman–Crippen LogP) is 3.34. The average Bonchev–Trinajstić information content (AvgIpc) is 2.82. The molecule has 0 saturated carbocycles.